The van der Waals surface area contributed by atoms with Crippen molar-refractivity contribution >= 4 is 92.4 Å². The number of carboxylic acids is 1. The third-order valence-electron chi connectivity index (χ3n) is 23.5. The molecule has 0 spiro atoms. The Morgan fingerprint density at radius 2 is 1.08 bits per heavy atom. The van der Waals surface area contributed by atoms with Crippen LogP contribution in [0.25, 0.3) is 11.1 Å². The third kappa shape index (κ3) is 21.0. The molecule has 9 aliphatic rings. The van der Waals surface area contributed by atoms with Gasteiger partial charge in [0.15, 0.2) is 35.3 Å². The fourth-order valence-electron chi connectivity index (χ4n) is 16.5. The first-order chi connectivity index (χ1) is 63.3. The first-order valence-corrected chi connectivity index (χ1v) is 43.6. The molecule has 23 atom stereocenters. The van der Waals surface area contributed by atoms with Crippen molar-refractivity contribution in [2.45, 2.75) is 206 Å². The summed E-state index contributed by atoms with van der Waals surface area (Å²) < 4.78 is 56.9. The standard InChI is InChI=1S/C88H96BrCl2N9O33/c1-32(2)8-6-4-5-7-9-58(109)95-68-74(114)71(111)56(30-102)130-87(68)133-78-53-25-39-26-54(78)127-50-17-13-37(23-44(50)91)77(132-86-67(93-33(3)104)73(113)70(110)55(29-101)129-86)69-84(122)99-66(85(123)124)60-59(52(28-48(108)61(60)89)128-88-76(116)75(115)72(112)57(31-103)131-88)42-22-36(12-14-46(42)106)63(81(119)100-69)97-83(121)65(39)98-82(120)64-38-20-40(105)27-41(21-38)125-51-24-35(11-15-47(51)107)62(92)80(118)94-45(79(117)96-64)19-34-10-16-49(126-53)43(90)18-34/h10-18,20-28,32,45,55-57,62-77,86-88,101-103,105-108,110-116H,4-9,19,29-31,92H2,1-3H3,(H,93,104)(H,94,118)(H,95,109)(H,96,117)(H,97,121)(H,98,120)(H,99,122)(H,100,119)(H,123,124)/t45-,55-,56-,57-,62-,63-,64+,65-,66+,67-,68-,69+,70-,71-,72-,73-,74-,75+,76+,77-,86+,87+,88+/m1/s1. The number of aliphatic hydroxyl groups excluding tert-OH is 10. The largest absolute Gasteiger partial charge is 0.508 e. The Hall–Kier alpha value is -11.6. The molecular formula is C88H96BrCl2N9O33. The Morgan fingerprint density at radius 3 is 1.70 bits per heavy atom. The average molecular weight is 1960 g/mol. The summed E-state index contributed by atoms with van der Waals surface area (Å²) in [6.45, 7) is 1.95. The van der Waals surface area contributed by atoms with Crippen molar-refractivity contribution in [2.24, 2.45) is 11.7 Å². The van der Waals surface area contributed by atoms with E-state index in [1.165, 1.54) is 30.3 Å². The number of ether oxygens (including phenoxy) is 9. The number of aromatic hydroxyl groups is 4. The van der Waals surface area contributed by atoms with Crippen LogP contribution in [0.15, 0.2) is 114 Å². The molecule has 133 heavy (non-hydrogen) atoms. The molecule has 3 saturated heterocycles. The molecule has 0 aliphatic carbocycles. The number of amides is 8. The van der Waals surface area contributed by atoms with E-state index < -0.39 is 320 Å². The van der Waals surface area contributed by atoms with Gasteiger partial charge < -0.3 is 167 Å². The van der Waals surface area contributed by atoms with Crippen LogP contribution >= 0.6 is 39.1 Å². The van der Waals surface area contributed by atoms with Crippen molar-refractivity contribution in [3.63, 3.8) is 0 Å². The molecule has 3 fully saturated rings. The minimum atomic E-state index is -2.63. The maximum absolute atomic E-state index is 17.1. The third-order valence-corrected chi connectivity index (χ3v) is 24.9. The normalized spacial score (nSPS) is 28.8. The minimum absolute atomic E-state index is 0.0251. The molecule has 0 saturated carbocycles. The van der Waals surface area contributed by atoms with Crippen molar-refractivity contribution in [3.05, 3.63) is 163 Å². The predicted octanol–water partition coefficient (Wildman–Crippen LogP) is 1.78. The van der Waals surface area contributed by atoms with Gasteiger partial charge >= 0.3 is 5.97 Å². The molecule has 8 amide bonds. The fraction of sp³-hybridized carbons (Fsp3) is 0.420. The number of benzene rings is 7. The van der Waals surface area contributed by atoms with Crippen LogP contribution < -0.4 is 72.0 Å². The van der Waals surface area contributed by atoms with E-state index >= 15 is 24.0 Å². The van der Waals surface area contributed by atoms with Gasteiger partial charge in [0.05, 0.1) is 34.3 Å². The maximum atomic E-state index is 17.1. The van der Waals surface area contributed by atoms with Gasteiger partial charge in [-0.1, -0.05) is 87.0 Å². The highest BCUT2D eigenvalue weighted by Crippen LogP contribution is 2.53. The van der Waals surface area contributed by atoms with Crippen LogP contribution in [0.3, 0.4) is 0 Å². The van der Waals surface area contributed by atoms with E-state index in [9.17, 15) is 95.8 Å². The molecule has 0 unspecified atom stereocenters. The number of carboxylic acid groups (broad SMARTS) is 1. The number of nitrogens with two attached hydrogens (primary N) is 1. The molecular weight excluding hydrogens is 1860 g/mol. The zero-order valence-electron chi connectivity index (χ0n) is 70.6. The molecule has 17 bridgehead atoms. The Kier molecular flexibility index (Phi) is 30.1. The topological polar surface area (TPSA) is 662 Å². The fourth-order valence-corrected chi connectivity index (χ4v) is 17.5. The summed E-state index contributed by atoms with van der Waals surface area (Å²) in [5, 5.41) is 191. The number of unbranched alkanes of at least 4 members (excludes halogenated alkanes) is 3. The number of hydrogen-bond donors (Lipinski definition) is 24. The lowest BCUT2D eigenvalue weighted by Gasteiger charge is -2.44. The second-order valence-electron chi connectivity index (χ2n) is 33.3. The summed E-state index contributed by atoms with van der Waals surface area (Å²) >= 11 is 18.0. The van der Waals surface area contributed by atoms with Crippen LogP contribution in [0.4, 0.5) is 0 Å². The molecule has 16 rings (SSSR count). The second-order valence-corrected chi connectivity index (χ2v) is 34.9. The number of carbonyl (C=O) groups excluding carboxylic acids is 8. The van der Waals surface area contributed by atoms with E-state index in [4.69, 9.17) is 71.6 Å². The first kappa shape index (κ1) is 97.5. The lowest BCUT2D eigenvalue weighted by Crippen LogP contribution is -2.65. The Bertz CT molecular complexity index is 5630. The average Bonchev–Trinajstić information content (AvgIpc) is 0.744. The maximum Gasteiger partial charge on any atom is 0.330 e. The molecule has 0 radical (unpaired) electrons. The van der Waals surface area contributed by atoms with Crippen LogP contribution in [0.1, 0.15) is 135 Å². The highest BCUT2D eigenvalue weighted by atomic mass is 79.9. The number of halogens is 3. The van der Waals surface area contributed by atoms with Gasteiger partial charge in [-0.15, -0.1) is 0 Å². The number of nitrogens with one attached hydrogen (secondary N) is 8. The number of aliphatic hydroxyl groups is 10. The van der Waals surface area contributed by atoms with E-state index in [0.29, 0.717) is 18.8 Å². The lowest BCUT2D eigenvalue weighted by atomic mass is 9.89. The molecule has 9 heterocycles. The van der Waals surface area contributed by atoms with Gasteiger partial charge in [-0.2, -0.15) is 0 Å². The van der Waals surface area contributed by atoms with Crippen molar-refractivity contribution in [1.29, 1.82) is 0 Å². The summed E-state index contributed by atoms with van der Waals surface area (Å²) in [5.74, 6) is -19.3. The second kappa shape index (κ2) is 41.1. The number of fused-ring (bicyclic) bond motifs is 14. The smallest absolute Gasteiger partial charge is 0.330 e. The Balaban J connectivity index is 1.04. The minimum Gasteiger partial charge on any atom is -0.508 e. The molecule has 25 N–H and O–H groups in total. The van der Waals surface area contributed by atoms with Gasteiger partial charge in [0.2, 0.25) is 65.6 Å². The summed E-state index contributed by atoms with van der Waals surface area (Å²) in [5.41, 5.74) is 2.67. The van der Waals surface area contributed by atoms with Gasteiger partial charge in [0.25, 0.3) is 0 Å². The summed E-state index contributed by atoms with van der Waals surface area (Å²) in [6.07, 6.45) is -26.0. The number of rotatable bonds is 19. The number of hydrogen-bond acceptors (Lipinski definition) is 33. The van der Waals surface area contributed by atoms with Crippen molar-refractivity contribution in [2.75, 3.05) is 19.8 Å². The van der Waals surface area contributed by atoms with Gasteiger partial charge in [-0.25, -0.2) is 4.79 Å². The van der Waals surface area contributed by atoms with E-state index in [-0.39, 0.29) is 39.8 Å². The predicted molar refractivity (Wildman–Crippen MR) is 461 cm³/mol. The van der Waals surface area contributed by atoms with Crippen molar-refractivity contribution in [3.8, 4) is 80.1 Å². The summed E-state index contributed by atoms with van der Waals surface area (Å²) in [7, 11) is 0. The molecule has 42 nitrogen and oxygen atoms in total. The SMILES string of the molecule is CC(=O)N[C@H]1[C@H](O[C@@H]2c3ccc(c(Cl)c3)Oc3cc4cc(c3O[C@@H]3O[C@H](CO)[C@@H](O)[C@H](O)[C@H]3NC(=O)CCCCCCC(C)C)Oc3ccc(cc3Cl)C[C@H]3NC(=O)[C@H](N)c5ccc(O)c(c5)Oc5cc(O)cc(c5)[C@H](NC3=O)C(=O)N[C@H]4C(=O)N[C@H]3C(=O)N[C@@H]2C(=O)N[C@H](C(=O)O)c2c(Br)c(O)cc(O[C@H]4O[C@H](CO)[C@@H](O)[C@H](O)[C@@H]4O)c2-c2cc3ccc2O)O[C@H](CO)[C@@H](O)[C@@H]1O. The molecule has 7 aromatic carbocycles. The van der Waals surface area contributed by atoms with E-state index in [1.807, 2.05) is 0 Å². The summed E-state index contributed by atoms with van der Waals surface area (Å²) in [4.78, 5) is 139. The molecule has 7 aromatic rings. The van der Waals surface area contributed by atoms with E-state index in [0.717, 1.165) is 105 Å². The van der Waals surface area contributed by atoms with Crippen LogP contribution in [0.2, 0.25) is 10.0 Å². The van der Waals surface area contributed by atoms with Crippen LogP contribution in [-0.4, -0.2) is 254 Å². The summed E-state index contributed by atoms with van der Waals surface area (Å²) in [6, 6.07) is -0.270. The van der Waals surface area contributed by atoms with Crippen LogP contribution in [0.5, 0.6) is 69.0 Å². The zero-order valence-corrected chi connectivity index (χ0v) is 73.7. The Labute approximate surface area is 773 Å². The first-order valence-electron chi connectivity index (χ1n) is 42.1. The number of phenols is 4. The number of phenolic OH excluding ortho intramolecular Hbond substituents is 4. The van der Waals surface area contributed by atoms with Gasteiger partial charge in [0, 0.05) is 48.6 Å². The van der Waals surface area contributed by atoms with Crippen LogP contribution in [-0.2, 0) is 68.5 Å². The van der Waals surface area contributed by atoms with Gasteiger partial charge in [0.1, 0.15) is 156 Å². The quantitative estimate of drug-likeness (QED) is 0.0513. The zero-order chi connectivity index (χ0) is 95.7. The van der Waals surface area contributed by atoms with Crippen LogP contribution in [0, 0.1) is 5.92 Å². The van der Waals surface area contributed by atoms with Gasteiger partial charge in [-0.3, -0.25) is 38.4 Å². The van der Waals surface area contributed by atoms with Crippen molar-refractivity contribution < 1.29 is 162 Å². The highest BCUT2D eigenvalue weighted by molar-refractivity contribution is 9.10. The Morgan fingerprint density at radius 1 is 0.519 bits per heavy atom. The van der Waals surface area contributed by atoms with Gasteiger partial charge in [-0.05, 0) is 134 Å². The molecule has 712 valence electrons. The van der Waals surface area contributed by atoms with Crippen molar-refractivity contribution in [1.82, 2.24) is 42.5 Å². The molecule has 45 heteroatoms. The monoisotopic (exact) mass is 1960 g/mol. The number of aliphatic carboxylic acids is 1. The lowest BCUT2D eigenvalue weighted by molar-refractivity contribution is -0.284. The number of carbonyl (C=O) groups is 9. The highest BCUT2D eigenvalue weighted by Gasteiger charge is 2.53. The molecule has 9 aliphatic heterocycles. The molecule has 0 aromatic heterocycles. The van der Waals surface area contributed by atoms with E-state index in [2.05, 4.69) is 72.3 Å². The van der Waals surface area contributed by atoms with E-state index in [1.54, 1.807) is 0 Å².